The van der Waals surface area contributed by atoms with E-state index in [2.05, 4.69) is 6.92 Å². The van der Waals surface area contributed by atoms with Gasteiger partial charge in [-0.05, 0) is 32.1 Å². The minimum Gasteiger partial charge on any atom is -0.341 e. The van der Waals surface area contributed by atoms with Crippen molar-refractivity contribution in [1.29, 1.82) is 0 Å². The van der Waals surface area contributed by atoms with Crippen LogP contribution < -0.4 is 5.73 Å². The van der Waals surface area contributed by atoms with Crippen molar-refractivity contribution in [3.8, 4) is 0 Å². The zero-order chi connectivity index (χ0) is 9.84. The summed E-state index contributed by atoms with van der Waals surface area (Å²) in [5, 5.41) is 0. The summed E-state index contributed by atoms with van der Waals surface area (Å²) in [5.41, 5.74) is 5.57. The summed E-state index contributed by atoms with van der Waals surface area (Å²) in [6.45, 7) is 5.64. The maximum Gasteiger partial charge on any atom is 0.239 e. The van der Waals surface area contributed by atoms with Gasteiger partial charge in [0, 0.05) is 13.1 Å². The molecule has 1 aliphatic carbocycles. The molecule has 1 aliphatic rings. The van der Waals surface area contributed by atoms with Crippen molar-refractivity contribution in [1.82, 2.24) is 4.90 Å². The lowest BCUT2D eigenvalue weighted by Crippen LogP contribution is -2.43. The highest BCUT2D eigenvalue weighted by molar-refractivity contribution is 5.81. The predicted molar refractivity (Wildman–Crippen MR) is 53.2 cm³/mol. The Kier molecular flexibility index (Phi) is 3.72. The van der Waals surface area contributed by atoms with Gasteiger partial charge in [-0.1, -0.05) is 6.92 Å². The Labute approximate surface area is 80.3 Å². The molecule has 0 heterocycles. The number of rotatable bonds is 5. The molecule has 0 aromatic carbocycles. The summed E-state index contributed by atoms with van der Waals surface area (Å²) in [7, 11) is 0. The number of carbonyl (C=O) groups is 1. The van der Waals surface area contributed by atoms with Gasteiger partial charge in [0.25, 0.3) is 0 Å². The van der Waals surface area contributed by atoms with Gasteiger partial charge >= 0.3 is 0 Å². The molecule has 0 radical (unpaired) electrons. The second-order valence-corrected chi connectivity index (χ2v) is 4.02. The molecule has 0 unspecified atom stereocenters. The van der Waals surface area contributed by atoms with Crippen LogP contribution in [-0.4, -0.2) is 29.9 Å². The van der Waals surface area contributed by atoms with Crippen LogP contribution in [0, 0.1) is 5.92 Å². The molecule has 1 atom stereocenters. The standard InChI is InChI=1S/C10H20N2O/c1-3-6-12(7-9-4-5-9)10(13)8(2)11/h8-9H,3-7,11H2,1-2H3/t8-/m1/s1. The molecule has 13 heavy (non-hydrogen) atoms. The Morgan fingerprint density at radius 2 is 2.23 bits per heavy atom. The van der Waals surface area contributed by atoms with Gasteiger partial charge in [0.15, 0.2) is 0 Å². The van der Waals surface area contributed by atoms with E-state index in [9.17, 15) is 4.79 Å². The number of amides is 1. The minimum atomic E-state index is -0.342. The minimum absolute atomic E-state index is 0.105. The van der Waals surface area contributed by atoms with Gasteiger partial charge in [-0.2, -0.15) is 0 Å². The summed E-state index contributed by atoms with van der Waals surface area (Å²) < 4.78 is 0. The van der Waals surface area contributed by atoms with E-state index in [1.54, 1.807) is 6.92 Å². The normalized spacial score (nSPS) is 18.4. The average molecular weight is 184 g/mol. The van der Waals surface area contributed by atoms with Crippen LogP contribution in [0.4, 0.5) is 0 Å². The molecule has 1 rings (SSSR count). The van der Waals surface area contributed by atoms with Gasteiger partial charge in [0.2, 0.25) is 5.91 Å². The summed E-state index contributed by atoms with van der Waals surface area (Å²) in [6.07, 6.45) is 3.59. The highest BCUT2D eigenvalue weighted by Crippen LogP contribution is 2.29. The van der Waals surface area contributed by atoms with Crippen molar-refractivity contribution in [2.75, 3.05) is 13.1 Å². The van der Waals surface area contributed by atoms with E-state index in [1.807, 2.05) is 4.90 Å². The SMILES string of the molecule is CCCN(CC1CC1)C(=O)[C@@H](C)N. The largest absolute Gasteiger partial charge is 0.341 e. The first kappa shape index (κ1) is 10.5. The first-order valence-corrected chi connectivity index (χ1v) is 5.19. The molecular weight excluding hydrogens is 164 g/mol. The van der Waals surface area contributed by atoms with Crippen LogP contribution in [0.3, 0.4) is 0 Å². The monoisotopic (exact) mass is 184 g/mol. The Morgan fingerprint density at radius 1 is 1.62 bits per heavy atom. The van der Waals surface area contributed by atoms with Crippen LogP contribution in [0.25, 0.3) is 0 Å². The van der Waals surface area contributed by atoms with E-state index in [1.165, 1.54) is 12.8 Å². The zero-order valence-electron chi connectivity index (χ0n) is 8.62. The van der Waals surface area contributed by atoms with Crippen LogP contribution in [0.1, 0.15) is 33.1 Å². The number of carbonyl (C=O) groups excluding carboxylic acids is 1. The van der Waals surface area contributed by atoms with E-state index in [-0.39, 0.29) is 11.9 Å². The molecule has 0 aliphatic heterocycles. The maximum atomic E-state index is 11.6. The van der Waals surface area contributed by atoms with Gasteiger partial charge in [-0.15, -0.1) is 0 Å². The predicted octanol–water partition coefficient (Wildman–Crippen LogP) is 0.982. The Hall–Kier alpha value is -0.570. The molecule has 0 spiro atoms. The first-order valence-electron chi connectivity index (χ1n) is 5.19. The molecule has 2 N–H and O–H groups in total. The van der Waals surface area contributed by atoms with Crippen LogP contribution in [0.5, 0.6) is 0 Å². The Balaban J connectivity index is 2.39. The van der Waals surface area contributed by atoms with Crippen LogP contribution in [0.15, 0.2) is 0 Å². The number of hydrogen-bond acceptors (Lipinski definition) is 2. The van der Waals surface area contributed by atoms with Gasteiger partial charge in [0.05, 0.1) is 6.04 Å². The maximum absolute atomic E-state index is 11.6. The van der Waals surface area contributed by atoms with Gasteiger partial charge in [0.1, 0.15) is 0 Å². The first-order chi connectivity index (χ1) is 6.15. The summed E-state index contributed by atoms with van der Waals surface area (Å²) >= 11 is 0. The fourth-order valence-electron chi connectivity index (χ4n) is 1.46. The Morgan fingerprint density at radius 3 is 2.62 bits per heavy atom. The Bertz CT molecular complexity index is 176. The van der Waals surface area contributed by atoms with Crippen molar-refractivity contribution >= 4 is 5.91 Å². The van der Waals surface area contributed by atoms with E-state index >= 15 is 0 Å². The second kappa shape index (κ2) is 4.61. The molecule has 1 saturated carbocycles. The van der Waals surface area contributed by atoms with Gasteiger partial charge < -0.3 is 10.6 Å². The lowest BCUT2D eigenvalue weighted by molar-refractivity contribution is -0.132. The van der Waals surface area contributed by atoms with Crippen molar-refractivity contribution in [2.24, 2.45) is 11.7 Å². The van der Waals surface area contributed by atoms with E-state index < -0.39 is 0 Å². The van der Waals surface area contributed by atoms with E-state index in [4.69, 9.17) is 5.73 Å². The molecule has 0 aromatic rings. The molecular formula is C10H20N2O. The molecule has 1 fully saturated rings. The van der Waals surface area contributed by atoms with Gasteiger partial charge in [-0.25, -0.2) is 0 Å². The third kappa shape index (κ3) is 3.35. The highest BCUT2D eigenvalue weighted by Gasteiger charge is 2.27. The third-order valence-corrected chi connectivity index (χ3v) is 2.37. The smallest absolute Gasteiger partial charge is 0.239 e. The van der Waals surface area contributed by atoms with Crippen molar-refractivity contribution < 1.29 is 4.79 Å². The lowest BCUT2D eigenvalue weighted by atomic mass is 10.2. The third-order valence-electron chi connectivity index (χ3n) is 2.37. The fourth-order valence-corrected chi connectivity index (χ4v) is 1.46. The van der Waals surface area contributed by atoms with Gasteiger partial charge in [-0.3, -0.25) is 4.79 Å². The van der Waals surface area contributed by atoms with Crippen molar-refractivity contribution in [3.63, 3.8) is 0 Å². The molecule has 3 heteroatoms. The van der Waals surface area contributed by atoms with E-state index in [0.717, 1.165) is 25.4 Å². The molecule has 0 saturated heterocycles. The van der Waals surface area contributed by atoms with Crippen LogP contribution in [0.2, 0.25) is 0 Å². The summed E-state index contributed by atoms with van der Waals surface area (Å²) in [6, 6.07) is -0.342. The van der Waals surface area contributed by atoms with E-state index in [0.29, 0.717) is 0 Å². The summed E-state index contributed by atoms with van der Waals surface area (Å²) in [4.78, 5) is 13.5. The highest BCUT2D eigenvalue weighted by atomic mass is 16.2. The quantitative estimate of drug-likeness (QED) is 0.692. The van der Waals surface area contributed by atoms with Crippen molar-refractivity contribution in [2.45, 2.75) is 39.2 Å². The molecule has 1 amide bonds. The van der Waals surface area contributed by atoms with Crippen LogP contribution in [-0.2, 0) is 4.79 Å². The number of hydrogen-bond donors (Lipinski definition) is 1. The molecule has 76 valence electrons. The van der Waals surface area contributed by atoms with Crippen LogP contribution >= 0.6 is 0 Å². The molecule has 0 bridgehead atoms. The zero-order valence-corrected chi connectivity index (χ0v) is 8.62. The van der Waals surface area contributed by atoms with Crippen molar-refractivity contribution in [3.05, 3.63) is 0 Å². The second-order valence-electron chi connectivity index (χ2n) is 4.02. The molecule has 0 aromatic heterocycles. The number of nitrogens with two attached hydrogens (primary N) is 1. The lowest BCUT2D eigenvalue weighted by Gasteiger charge is -2.23. The fraction of sp³-hybridized carbons (Fsp3) is 0.900. The molecule has 3 nitrogen and oxygen atoms in total. The number of nitrogens with zero attached hydrogens (tertiary/aromatic N) is 1. The summed E-state index contributed by atoms with van der Waals surface area (Å²) in [5.74, 6) is 0.864. The topological polar surface area (TPSA) is 46.3 Å². The average Bonchev–Trinajstić information content (AvgIpc) is 2.86.